The van der Waals surface area contributed by atoms with E-state index in [9.17, 15) is 13.2 Å². The van der Waals surface area contributed by atoms with Crippen molar-refractivity contribution >= 4 is 39.7 Å². The van der Waals surface area contributed by atoms with Crippen LogP contribution in [0.1, 0.15) is 33.8 Å². The molecule has 0 radical (unpaired) electrons. The van der Waals surface area contributed by atoms with E-state index in [4.69, 9.17) is 0 Å². The number of nitrogens with one attached hydrogen (secondary N) is 2. The third kappa shape index (κ3) is 7.62. The lowest BCUT2D eigenvalue weighted by molar-refractivity contribution is 0.0692. The molecule has 0 aromatic carbocycles. The van der Waals surface area contributed by atoms with Gasteiger partial charge in [0.1, 0.15) is 0 Å². The molecule has 0 bridgehead atoms. The van der Waals surface area contributed by atoms with Crippen molar-refractivity contribution in [1.29, 1.82) is 0 Å². The summed E-state index contributed by atoms with van der Waals surface area (Å²) < 4.78 is 24.6. The van der Waals surface area contributed by atoms with E-state index in [0.29, 0.717) is 18.9 Å². The monoisotopic (exact) mass is 409 g/mol. The van der Waals surface area contributed by atoms with E-state index in [1.54, 1.807) is 0 Å². The van der Waals surface area contributed by atoms with Crippen molar-refractivity contribution in [3.63, 3.8) is 0 Å². The van der Waals surface area contributed by atoms with Crippen LogP contribution >= 0.6 is 23.7 Å². The maximum atomic E-state index is 12.6. The van der Waals surface area contributed by atoms with Gasteiger partial charge in [-0.05, 0) is 57.3 Å². The van der Waals surface area contributed by atoms with Crippen molar-refractivity contribution in [1.82, 2.24) is 14.9 Å². The van der Waals surface area contributed by atoms with Crippen LogP contribution in [-0.4, -0.2) is 58.7 Å². The average Bonchev–Trinajstić information content (AvgIpc) is 3.00. The van der Waals surface area contributed by atoms with E-state index in [0.717, 1.165) is 48.5 Å². The Kier molecular flexibility index (Phi) is 9.37. The predicted octanol–water partition coefficient (Wildman–Crippen LogP) is 1.72. The van der Waals surface area contributed by atoms with Gasteiger partial charge in [0.15, 0.2) is 0 Å². The molecule has 1 aliphatic rings. The number of rotatable bonds is 8. The summed E-state index contributed by atoms with van der Waals surface area (Å²) in [5, 5.41) is 3.18. The number of sulfonamides is 1. The first-order valence-electron chi connectivity index (χ1n) is 8.36. The molecule has 2 N–H and O–H groups in total. The molecule has 0 atom stereocenters. The quantitative estimate of drug-likeness (QED) is 0.685. The number of thiophene rings is 1. The summed E-state index contributed by atoms with van der Waals surface area (Å²) in [5.41, 5.74) is 0. The van der Waals surface area contributed by atoms with Crippen molar-refractivity contribution in [2.45, 2.75) is 25.7 Å². The van der Waals surface area contributed by atoms with Gasteiger partial charge in [-0.3, -0.25) is 4.79 Å². The molecule has 1 fully saturated rings. The number of nitrogens with zero attached hydrogens (tertiary/aromatic N) is 1. The van der Waals surface area contributed by atoms with Gasteiger partial charge in [0.2, 0.25) is 10.0 Å². The van der Waals surface area contributed by atoms with Crippen molar-refractivity contribution in [3.05, 3.63) is 21.9 Å². The Morgan fingerprint density at radius 3 is 2.56 bits per heavy atom. The third-order valence-corrected chi connectivity index (χ3v) is 6.17. The molecule has 0 unspecified atom stereocenters. The molecule has 0 spiro atoms. The second-order valence-corrected chi connectivity index (χ2v) is 9.31. The predicted molar refractivity (Wildman–Crippen MR) is 105 cm³/mol. The van der Waals surface area contributed by atoms with Crippen LogP contribution < -0.4 is 10.0 Å². The summed E-state index contributed by atoms with van der Waals surface area (Å²) in [6.07, 6.45) is 5.08. The molecule has 1 aliphatic heterocycles. The second kappa shape index (κ2) is 10.5. The molecule has 0 saturated carbocycles. The highest BCUT2D eigenvalue weighted by Crippen LogP contribution is 2.24. The Morgan fingerprint density at radius 1 is 1.28 bits per heavy atom. The zero-order valence-corrected chi connectivity index (χ0v) is 17.2. The molecule has 0 aliphatic carbocycles. The summed E-state index contributed by atoms with van der Waals surface area (Å²) in [7, 11) is -1.19. The molecule has 6 nitrogen and oxygen atoms in total. The van der Waals surface area contributed by atoms with Gasteiger partial charge < -0.3 is 10.2 Å². The molecule has 2 heterocycles. The fourth-order valence-electron chi connectivity index (χ4n) is 2.92. The lowest BCUT2D eigenvalue weighted by Crippen LogP contribution is -2.38. The Morgan fingerprint density at radius 2 is 1.96 bits per heavy atom. The molecule has 1 aromatic heterocycles. The Hall–Kier alpha value is -0.670. The fraction of sp³-hybridized carbons (Fsp3) is 0.688. The molecule has 1 amide bonds. The molecule has 2 rings (SSSR count). The average molecular weight is 410 g/mol. The van der Waals surface area contributed by atoms with Gasteiger partial charge in [-0.2, -0.15) is 0 Å². The molecular weight excluding hydrogens is 382 g/mol. The highest BCUT2D eigenvalue weighted by molar-refractivity contribution is 7.88. The number of hydrogen-bond donors (Lipinski definition) is 2. The zero-order chi connectivity index (χ0) is 17.6. The largest absolute Gasteiger partial charge is 0.338 e. The minimum Gasteiger partial charge on any atom is -0.338 e. The minimum atomic E-state index is -3.16. The first-order chi connectivity index (χ1) is 11.4. The van der Waals surface area contributed by atoms with Gasteiger partial charge in [-0.1, -0.05) is 0 Å². The highest BCUT2D eigenvalue weighted by atomic mass is 35.5. The van der Waals surface area contributed by atoms with Gasteiger partial charge in [0.25, 0.3) is 5.91 Å². The summed E-state index contributed by atoms with van der Waals surface area (Å²) in [6, 6.07) is 3.78. The lowest BCUT2D eigenvalue weighted by Gasteiger charge is -2.31. The van der Waals surface area contributed by atoms with E-state index in [1.165, 1.54) is 17.8 Å². The van der Waals surface area contributed by atoms with E-state index in [2.05, 4.69) is 10.0 Å². The van der Waals surface area contributed by atoms with E-state index in [-0.39, 0.29) is 18.3 Å². The summed E-state index contributed by atoms with van der Waals surface area (Å²) in [5.74, 6) is 0.817. The Bertz CT molecular complexity index is 641. The fourth-order valence-corrected chi connectivity index (χ4v) is 4.36. The second-order valence-electron chi connectivity index (χ2n) is 6.31. The topological polar surface area (TPSA) is 78.5 Å². The van der Waals surface area contributed by atoms with Crippen LogP contribution in [0.25, 0.3) is 0 Å². The molecule has 25 heavy (non-hydrogen) atoms. The van der Waals surface area contributed by atoms with E-state index < -0.39 is 10.0 Å². The van der Waals surface area contributed by atoms with Gasteiger partial charge in [0.05, 0.1) is 11.1 Å². The number of piperidine rings is 1. The lowest BCUT2D eigenvalue weighted by atomic mass is 9.93. The van der Waals surface area contributed by atoms with E-state index in [1.807, 2.05) is 24.1 Å². The molecule has 1 saturated heterocycles. The van der Waals surface area contributed by atoms with Crippen molar-refractivity contribution in [3.8, 4) is 0 Å². The number of hydrogen-bond acceptors (Lipinski definition) is 5. The summed E-state index contributed by atoms with van der Waals surface area (Å²) >= 11 is 1.46. The van der Waals surface area contributed by atoms with Gasteiger partial charge in [-0.15, -0.1) is 23.7 Å². The standard InChI is InChI=1S/C16H27N3O3S2.ClH/c1-17-9-5-13-7-11-19(12-8-13)16(20)15-4-3-14(23-15)6-10-18-24(2,21)22;/h3-4,13,17-18H,5-12H2,1-2H3;1H. The maximum absolute atomic E-state index is 12.6. The zero-order valence-electron chi connectivity index (χ0n) is 14.8. The molecule has 144 valence electrons. The summed E-state index contributed by atoms with van der Waals surface area (Å²) in [4.78, 5) is 16.3. The number of carbonyl (C=O) groups is 1. The summed E-state index contributed by atoms with van der Waals surface area (Å²) in [6.45, 7) is 3.06. The minimum absolute atomic E-state index is 0. The normalized spacial score (nSPS) is 15.8. The highest BCUT2D eigenvalue weighted by Gasteiger charge is 2.24. The van der Waals surface area contributed by atoms with Gasteiger partial charge in [0, 0.05) is 24.5 Å². The Balaban J connectivity index is 0.00000312. The smallest absolute Gasteiger partial charge is 0.263 e. The number of halogens is 1. The number of carbonyl (C=O) groups excluding carboxylic acids is 1. The van der Waals surface area contributed by atoms with E-state index >= 15 is 0 Å². The Labute approximate surface area is 160 Å². The molecule has 1 aromatic rings. The van der Waals surface area contributed by atoms with Crippen molar-refractivity contribution in [2.24, 2.45) is 5.92 Å². The van der Waals surface area contributed by atoms with Crippen molar-refractivity contribution < 1.29 is 13.2 Å². The van der Waals surface area contributed by atoms with Crippen molar-refractivity contribution in [2.75, 3.05) is 39.5 Å². The maximum Gasteiger partial charge on any atom is 0.263 e. The molecular formula is C16H28ClN3O3S2. The first kappa shape index (κ1) is 22.4. The SMILES string of the molecule is CNCCC1CCN(C(=O)c2ccc(CCNS(C)(=O)=O)s2)CC1.Cl. The van der Waals surface area contributed by atoms with Crippen LogP contribution in [0.15, 0.2) is 12.1 Å². The molecule has 9 heteroatoms. The first-order valence-corrected chi connectivity index (χ1v) is 11.1. The van der Waals surface area contributed by atoms with Crippen LogP contribution in [0.2, 0.25) is 0 Å². The van der Waals surface area contributed by atoms with Crippen LogP contribution in [-0.2, 0) is 16.4 Å². The van der Waals surface area contributed by atoms with Gasteiger partial charge in [-0.25, -0.2) is 13.1 Å². The van der Waals surface area contributed by atoms with Crippen LogP contribution in [0.4, 0.5) is 0 Å². The van der Waals surface area contributed by atoms with Gasteiger partial charge >= 0.3 is 0 Å². The number of likely N-dealkylation sites (tertiary alicyclic amines) is 1. The third-order valence-electron chi connectivity index (χ3n) is 4.31. The van der Waals surface area contributed by atoms with Crippen LogP contribution in [0.3, 0.4) is 0 Å². The number of amides is 1. The van der Waals surface area contributed by atoms with Crippen LogP contribution in [0.5, 0.6) is 0 Å². The van der Waals surface area contributed by atoms with Crippen LogP contribution in [0, 0.1) is 5.92 Å².